The highest BCUT2D eigenvalue weighted by Gasteiger charge is 2.24. The van der Waals surface area contributed by atoms with Crippen LogP contribution in [0.25, 0.3) is 0 Å². The lowest BCUT2D eigenvalue weighted by Gasteiger charge is -2.17. The van der Waals surface area contributed by atoms with Gasteiger partial charge in [-0.15, -0.1) is 0 Å². The van der Waals surface area contributed by atoms with Crippen LogP contribution in [-0.4, -0.2) is 63.0 Å². The van der Waals surface area contributed by atoms with Crippen LogP contribution in [0.3, 0.4) is 0 Å². The summed E-state index contributed by atoms with van der Waals surface area (Å²) in [6.45, 7) is 0.554. The van der Waals surface area contributed by atoms with Crippen LogP contribution in [0, 0.1) is 0 Å². The highest BCUT2D eigenvalue weighted by atomic mass is 16.5. The Balaban J connectivity index is 2.40. The van der Waals surface area contributed by atoms with Crippen molar-refractivity contribution in [1.29, 1.82) is 0 Å². The number of ether oxygens (including phenoxy) is 1. The SMILES string of the molecule is CNC(=O)CCC(NC(=O)CNC(=O)C1CCCN1)C(=O)OC. The van der Waals surface area contributed by atoms with Gasteiger partial charge in [-0.2, -0.15) is 0 Å². The van der Waals surface area contributed by atoms with E-state index in [2.05, 4.69) is 26.0 Å². The summed E-state index contributed by atoms with van der Waals surface area (Å²) >= 11 is 0. The van der Waals surface area contributed by atoms with Crippen LogP contribution in [0.2, 0.25) is 0 Å². The number of methoxy groups -OCH3 is 1. The molecule has 3 amide bonds. The highest BCUT2D eigenvalue weighted by Crippen LogP contribution is 2.04. The van der Waals surface area contributed by atoms with Crippen molar-refractivity contribution in [3.8, 4) is 0 Å². The van der Waals surface area contributed by atoms with Crippen LogP contribution in [0.4, 0.5) is 0 Å². The zero-order valence-electron chi connectivity index (χ0n) is 13.4. The lowest BCUT2D eigenvalue weighted by atomic mass is 10.1. The van der Waals surface area contributed by atoms with Crippen LogP contribution in [0.15, 0.2) is 0 Å². The van der Waals surface area contributed by atoms with Crippen molar-refractivity contribution in [2.75, 3.05) is 27.2 Å². The quantitative estimate of drug-likeness (QED) is 0.383. The summed E-state index contributed by atoms with van der Waals surface area (Å²) in [6, 6.07) is -1.20. The molecule has 0 saturated carbocycles. The minimum atomic E-state index is -0.925. The van der Waals surface area contributed by atoms with Crippen molar-refractivity contribution in [2.24, 2.45) is 0 Å². The maximum absolute atomic E-state index is 11.9. The Morgan fingerprint density at radius 3 is 2.57 bits per heavy atom. The first-order valence-corrected chi connectivity index (χ1v) is 7.56. The van der Waals surface area contributed by atoms with Gasteiger partial charge in [0.15, 0.2) is 0 Å². The Kier molecular flexibility index (Phi) is 8.03. The molecule has 0 aliphatic carbocycles. The number of nitrogens with one attached hydrogen (secondary N) is 4. The third kappa shape index (κ3) is 6.64. The average Bonchev–Trinajstić information content (AvgIpc) is 3.09. The molecular weight excluding hydrogens is 304 g/mol. The van der Waals surface area contributed by atoms with E-state index in [0.29, 0.717) is 0 Å². The van der Waals surface area contributed by atoms with Gasteiger partial charge in [-0.05, 0) is 25.8 Å². The van der Waals surface area contributed by atoms with E-state index >= 15 is 0 Å². The molecule has 1 saturated heterocycles. The van der Waals surface area contributed by atoms with Crippen molar-refractivity contribution in [1.82, 2.24) is 21.3 Å². The van der Waals surface area contributed by atoms with Crippen molar-refractivity contribution < 1.29 is 23.9 Å². The van der Waals surface area contributed by atoms with Crippen LogP contribution in [0.5, 0.6) is 0 Å². The fourth-order valence-electron chi connectivity index (χ4n) is 2.24. The van der Waals surface area contributed by atoms with Gasteiger partial charge in [0, 0.05) is 13.5 Å². The molecule has 2 atom stereocenters. The predicted octanol–water partition coefficient (Wildman–Crippen LogP) is -1.96. The Labute approximate surface area is 134 Å². The maximum Gasteiger partial charge on any atom is 0.328 e. The minimum absolute atomic E-state index is 0.0783. The molecule has 2 unspecified atom stereocenters. The molecule has 0 aromatic carbocycles. The first-order chi connectivity index (χ1) is 11.0. The second kappa shape index (κ2) is 9.78. The number of hydrogen-bond donors (Lipinski definition) is 4. The first kappa shape index (κ1) is 18.9. The van der Waals surface area contributed by atoms with Gasteiger partial charge < -0.3 is 26.0 Å². The van der Waals surface area contributed by atoms with Crippen molar-refractivity contribution >= 4 is 23.7 Å². The Hall–Kier alpha value is -2.16. The molecule has 0 aromatic heterocycles. The molecule has 1 aliphatic rings. The van der Waals surface area contributed by atoms with E-state index in [-0.39, 0.29) is 37.2 Å². The summed E-state index contributed by atoms with van der Waals surface area (Å²) < 4.78 is 4.60. The number of carbonyl (C=O) groups excluding carboxylic acids is 4. The van der Waals surface area contributed by atoms with E-state index in [0.717, 1.165) is 19.4 Å². The molecule has 9 nitrogen and oxygen atoms in total. The molecule has 130 valence electrons. The number of hydrogen-bond acceptors (Lipinski definition) is 6. The third-order valence-electron chi connectivity index (χ3n) is 3.56. The average molecular weight is 328 g/mol. The smallest absolute Gasteiger partial charge is 0.328 e. The van der Waals surface area contributed by atoms with Crippen molar-refractivity contribution in [2.45, 2.75) is 37.8 Å². The molecule has 0 spiro atoms. The number of carbonyl (C=O) groups is 4. The lowest BCUT2D eigenvalue weighted by molar-refractivity contribution is -0.145. The third-order valence-corrected chi connectivity index (χ3v) is 3.56. The van der Waals surface area contributed by atoms with E-state index in [4.69, 9.17) is 0 Å². The van der Waals surface area contributed by atoms with Crippen molar-refractivity contribution in [3.05, 3.63) is 0 Å². The van der Waals surface area contributed by atoms with Crippen LogP contribution in [0.1, 0.15) is 25.7 Å². The molecule has 1 fully saturated rings. The summed E-state index contributed by atoms with van der Waals surface area (Å²) in [5.41, 5.74) is 0. The van der Waals surface area contributed by atoms with Crippen LogP contribution < -0.4 is 21.3 Å². The van der Waals surface area contributed by atoms with Gasteiger partial charge in [-0.3, -0.25) is 14.4 Å². The zero-order valence-corrected chi connectivity index (χ0v) is 13.4. The van der Waals surface area contributed by atoms with Gasteiger partial charge >= 0.3 is 5.97 Å². The number of esters is 1. The molecule has 9 heteroatoms. The predicted molar refractivity (Wildman–Crippen MR) is 81.3 cm³/mol. The molecular formula is C14H24N4O5. The van der Waals surface area contributed by atoms with Gasteiger partial charge in [-0.25, -0.2) is 4.79 Å². The molecule has 1 aliphatic heterocycles. The van der Waals surface area contributed by atoms with Gasteiger partial charge in [0.1, 0.15) is 6.04 Å². The van der Waals surface area contributed by atoms with E-state index in [1.54, 1.807) is 0 Å². The summed E-state index contributed by atoms with van der Waals surface area (Å²) in [5.74, 6) is -1.62. The molecule has 0 aromatic rings. The Morgan fingerprint density at radius 2 is 2.00 bits per heavy atom. The minimum Gasteiger partial charge on any atom is -0.467 e. The molecule has 1 heterocycles. The largest absolute Gasteiger partial charge is 0.467 e. The van der Waals surface area contributed by atoms with Gasteiger partial charge in [0.05, 0.1) is 19.7 Å². The standard InChI is InChI=1S/C14H24N4O5/c1-15-11(19)6-5-10(14(22)23-2)18-12(20)8-17-13(21)9-4-3-7-16-9/h9-10,16H,3-8H2,1-2H3,(H,15,19)(H,17,21)(H,18,20). The van der Waals surface area contributed by atoms with Gasteiger partial charge in [-0.1, -0.05) is 0 Å². The Bertz CT molecular complexity index is 448. The number of amides is 3. The topological polar surface area (TPSA) is 126 Å². The van der Waals surface area contributed by atoms with E-state index in [1.165, 1.54) is 14.2 Å². The second-order valence-corrected chi connectivity index (χ2v) is 5.22. The molecule has 1 rings (SSSR count). The monoisotopic (exact) mass is 328 g/mol. The fourth-order valence-corrected chi connectivity index (χ4v) is 2.24. The lowest BCUT2D eigenvalue weighted by Crippen LogP contribution is -2.48. The van der Waals surface area contributed by atoms with E-state index in [1.807, 2.05) is 0 Å². The summed E-state index contributed by atoms with van der Waals surface area (Å²) in [6.07, 6.45) is 1.86. The van der Waals surface area contributed by atoms with Gasteiger partial charge in [0.25, 0.3) is 0 Å². The van der Waals surface area contributed by atoms with Gasteiger partial charge in [0.2, 0.25) is 17.7 Å². The molecule has 0 bridgehead atoms. The zero-order chi connectivity index (χ0) is 17.2. The first-order valence-electron chi connectivity index (χ1n) is 7.56. The fraction of sp³-hybridized carbons (Fsp3) is 0.714. The van der Waals surface area contributed by atoms with E-state index in [9.17, 15) is 19.2 Å². The highest BCUT2D eigenvalue weighted by molar-refractivity contribution is 5.90. The van der Waals surface area contributed by atoms with Crippen LogP contribution >= 0.6 is 0 Å². The summed E-state index contributed by atoms with van der Waals surface area (Å²) in [4.78, 5) is 46.5. The molecule has 23 heavy (non-hydrogen) atoms. The normalized spacial score (nSPS) is 17.9. The maximum atomic E-state index is 11.9. The van der Waals surface area contributed by atoms with Crippen LogP contribution in [-0.2, 0) is 23.9 Å². The Morgan fingerprint density at radius 1 is 1.26 bits per heavy atom. The van der Waals surface area contributed by atoms with E-state index < -0.39 is 17.9 Å². The number of rotatable bonds is 8. The molecule has 0 radical (unpaired) electrons. The second-order valence-electron chi connectivity index (χ2n) is 5.22. The molecule has 4 N–H and O–H groups in total. The summed E-state index contributed by atoms with van der Waals surface area (Å²) in [7, 11) is 2.69. The summed E-state index contributed by atoms with van der Waals surface area (Å²) in [5, 5.41) is 10.4. The van der Waals surface area contributed by atoms with Crippen molar-refractivity contribution in [3.63, 3.8) is 0 Å².